The highest BCUT2D eigenvalue weighted by Crippen LogP contribution is 2.12. The predicted molar refractivity (Wildman–Crippen MR) is 79.6 cm³/mol. The Labute approximate surface area is 118 Å². The fraction of sp³-hybridized carbons (Fsp3) is 0.571. The second-order valence-electron chi connectivity index (χ2n) is 4.82. The Morgan fingerprint density at radius 2 is 2.26 bits per heavy atom. The second-order valence-corrected chi connectivity index (χ2v) is 5.75. The minimum atomic E-state index is 0.452. The van der Waals surface area contributed by atoms with Crippen molar-refractivity contribution in [2.75, 3.05) is 6.54 Å². The third-order valence-corrected chi connectivity index (χ3v) is 4.27. The van der Waals surface area contributed by atoms with Crippen molar-refractivity contribution in [2.24, 2.45) is 0 Å². The average Bonchev–Trinajstić information content (AvgIpc) is 2.99. The van der Waals surface area contributed by atoms with Gasteiger partial charge in [0.05, 0.1) is 11.2 Å². The van der Waals surface area contributed by atoms with Gasteiger partial charge in [0.2, 0.25) is 0 Å². The first-order chi connectivity index (χ1) is 9.20. The summed E-state index contributed by atoms with van der Waals surface area (Å²) in [6.45, 7) is 8.42. The second kappa shape index (κ2) is 6.82. The third kappa shape index (κ3) is 3.88. The van der Waals surface area contributed by atoms with Crippen molar-refractivity contribution in [3.05, 3.63) is 34.3 Å². The number of hydrogen-bond acceptors (Lipinski definition) is 4. The Bertz CT molecular complexity index is 503. The van der Waals surface area contributed by atoms with E-state index in [2.05, 4.69) is 46.8 Å². The van der Waals surface area contributed by atoms with E-state index >= 15 is 0 Å². The van der Waals surface area contributed by atoms with Gasteiger partial charge in [-0.1, -0.05) is 6.92 Å². The zero-order chi connectivity index (χ0) is 13.7. The van der Waals surface area contributed by atoms with Gasteiger partial charge in [-0.3, -0.25) is 0 Å². The summed E-state index contributed by atoms with van der Waals surface area (Å²) in [4.78, 5) is 10.0. The predicted octanol–water partition coefficient (Wildman–Crippen LogP) is 2.43. The molecule has 0 amide bonds. The molecule has 5 heteroatoms. The third-order valence-electron chi connectivity index (χ3n) is 3.28. The van der Waals surface area contributed by atoms with Gasteiger partial charge < -0.3 is 9.88 Å². The van der Waals surface area contributed by atoms with E-state index in [9.17, 15) is 0 Å². The van der Waals surface area contributed by atoms with Crippen LogP contribution in [0.4, 0.5) is 0 Å². The zero-order valence-corrected chi connectivity index (χ0v) is 12.7. The van der Waals surface area contributed by atoms with Crippen LogP contribution in [0, 0.1) is 6.92 Å². The summed E-state index contributed by atoms with van der Waals surface area (Å²) in [5.41, 5.74) is 3.09. The number of hydrogen-bond donors (Lipinski definition) is 1. The Hall–Kier alpha value is -1.20. The molecule has 1 atom stereocenters. The molecule has 2 heterocycles. The fourth-order valence-corrected chi connectivity index (χ4v) is 2.96. The standard InChI is InChI=1S/C14H22N4S/c1-4-14-16-7-8-18(14)9-11(2)15-6-5-13-12(3)17-10-19-13/h7-8,10-11,15H,4-6,9H2,1-3H3/t11-/m0/s1. The van der Waals surface area contributed by atoms with E-state index < -0.39 is 0 Å². The van der Waals surface area contributed by atoms with Crippen molar-refractivity contribution in [3.63, 3.8) is 0 Å². The van der Waals surface area contributed by atoms with Crippen LogP contribution in [0.5, 0.6) is 0 Å². The summed E-state index contributed by atoms with van der Waals surface area (Å²) in [5, 5.41) is 3.57. The van der Waals surface area contributed by atoms with Crippen LogP contribution >= 0.6 is 11.3 Å². The summed E-state index contributed by atoms with van der Waals surface area (Å²) in [7, 11) is 0. The molecule has 0 saturated heterocycles. The molecule has 2 aromatic heterocycles. The minimum absolute atomic E-state index is 0.452. The van der Waals surface area contributed by atoms with E-state index in [0.717, 1.165) is 31.8 Å². The quantitative estimate of drug-likeness (QED) is 0.846. The number of nitrogens with one attached hydrogen (secondary N) is 1. The molecule has 0 saturated carbocycles. The Morgan fingerprint density at radius 3 is 2.95 bits per heavy atom. The van der Waals surface area contributed by atoms with Crippen molar-refractivity contribution in [1.82, 2.24) is 19.9 Å². The van der Waals surface area contributed by atoms with E-state index in [-0.39, 0.29) is 0 Å². The number of aromatic nitrogens is 3. The van der Waals surface area contributed by atoms with Crippen LogP contribution in [0.25, 0.3) is 0 Å². The fourth-order valence-electron chi connectivity index (χ4n) is 2.18. The van der Waals surface area contributed by atoms with Crippen LogP contribution in [0.2, 0.25) is 0 Å². The molecule has 0 bridgehead atoms. The molecule has 0 radical (unpaired) electrons. The number of rotatable bonds is 7. The molecule has 1 N–H and O–H groups in total. The largest absolute Gasteiger partial charge is 0.333 e. The SMILES string of the molecule is CCc1nccn1C[C@H](C)NCCc1scnc1C. The molecule has 2 aromatic rings. The molecule has 4 nitrogen and oxygen atoms in total. The van der Waals surface area contributed by atoms with Gasteiger partial charge in [-0.2, -0.15) is 0 Å². The van der Waals surface area contributed by atoms with E-state index in [4.69, 9.17) is 0 Å². The van der Waals surface area contributed by atoms with E-state index in [1.165, 1.54) is 10.6 Å². The molecule has 0 fully saturated rings. The van der Waals surface area contributed by atoms with Crippen molar-refractivity contribution in [1.29, 1.82) is 0 Å². The number of aryl methyl sites for hydroxylation is 2. The molecular weight excluding hydrogens is 256 g/mol. The number of thiazole rings is 1. The molecule has 0 spiro atoms. The summed E-state index contributed by atoms with van der Waals surface area (Å²) in [5.74, 6) is 1.16. The summed E-state index contributed by atoms with van der Waals surface area (Å²) in [6.07, 6.45) is 5.99. The number of imidazole rings is 1. The van der Waals surface area contributed by atoms with Crippen LogP contribution in [-0.2, 0) is 19.4 Å². The zero-order valence-electron chi connectivity index (χ0n) is 11.9. The van der Waals surface area contributed by atoms with Crippen molar-refractivity contribution in [2.45, 2.75) is 46.2 Å². The molecule has 104 valence electrons. The van der Waals surface area contributed by atoms with Gasteiger partial charge in [0.1, 0.15) is 5.82 Å². The highest BCUT2D eigenvalue weighted by molar-refractivity contribution is 7.09. The van der Waals surface area contributed by atoms with E-state index in [1.54, 1.807) is 11.3 Å². The van der Waals surface area contributed by atoms with Gasteiger partial charge in [0.25, 0.3) is 0 Å². The van der Waals surface area contributed by atoms with Crippen LogP contribution in [0.3, 0.4) is 0 Å². The maximum absolute atomic E-state index is 4.35. The van der Waals surface area contributed by atoms with Crippen LogP contribution in [0.1, 0.15) is 30.2 Å². The molecule has 19 heavy (non-hydrogen) atoms. The maximum Gasteiger partial charge on any atom is 0.108 e. The molecule has 0 aliphatic carbocycles. The van der Waals surface area contributed by atoms with Crippen LogP contribution < -0.4 is 5.32 Å². The normalized spacial score (nSPS) is 12.8. The van der Waals surface area contributed by atoms with Crippen LogP contribution in [0.15, 0.2) is 17.9 Å². The van der Waals surface area contributed by atoms with Crippen molar-refractivity contribution < 1.29 is 0 Å². The van der Waals surface area contributed by atoms with Gasteiger partial charge >= 0.3 is 0 Å². The average molecular weight is 278 g/mol. The minimum Gasteiger partial charge on any atom is -0.333 e. The smallest absolute Gasteiger partial charge is 0.108 e. The summed E-state index contributed by atoms with van der Waals surface area (Å²) >= 11 is 1.75. The van der Waals surface area contributed by atoms with Gasteiger partial charge in [-0.05, 0) is 20.3 Å². The first kappa shape index (κ1) is 14.2. The highest BCUT2D eigenvalue weighted by atomic mass is 32.1. The molecule has 0 aromatic carbocycles. The molecule has 0 unspecified atom stereocenters. The monoisotopic (exact) mass is 278 g/mol. The van der Waals surface area contributed by atoms with Crippen LogP contribution in [-0.4, -0.2) is 27.1 Å². The van der Waals surface area contributed by atoms with Crippen molar-refractivity contribution in [3.8, 4) is 0 Å². The molecule has 0 aliphatic rings. The Morgan fingerprint density at radius 1 is 1.42 bits per heavy atom. The van der Waals surface area contributed by atoms with Gasteiger partial charge in [0, 0.05) is 42.8 Å². The lowest BCUT2D eigenvalue weighted by Gasteiger charge is -2.15. The summed E-state index contributed by atoms with van der Waals surface area (Å²) < 4.78 is 2.23. The summed E-state index contributed by atoms with van der Waals surface area (Å²) in [6, 6.07) is 0.452. The van der Waals surface area contributed by atoms with Gasteiger partial charge in [-0.15, -0.1) is 11.3 Å². The maximum atomic E-state index is 4.35. The molecular formula is C14H22N4S. The van der Waals surface area contributed by atoms with Gasteiger partial charge in [-0.25, -0.2) is 9.97 Å². The molecule has 0 aliphatic heterocycles. The topological polar surface area (TPSA) is 42.7 Å². The Kier molecular flexibility index (Phi) is 5.10. The Balaban J connectivity index is 1.76. The van der Waals surface area contributed by atoms with E-state index in [0.29, 0.717) is 6.04 Å². The lowest BCUT2D eigenvalue weighted by atomic mass is 10.2. The van der Waals surface area contributed by atoms with Gasteiger partial charge in [0.15, 0.2) is 0 Å². The number of nitrogens with zero attached hydrogens (tertiary/aromatic N) is 3. The lowest BCUT2D eigenvalue weighted by Crippen LogP contribution is -2.32. The van der Waals surface area contributed by atoms with Crippen molar-refractivity contribution >= 4 is 11.3 Å². The first-order valence-electron chi connectivity index (χ1n) is 6.83. The van der Waals surface area contributed by atoms with E-state index in [1.807, 2.05) is 11.7 Å². The highest BCUT2D eigenvalue weighted by Gasteiger charge is 2.07. The first-order valence-corrected chi connectivity index (χ1v) is 7.71. The lowest BCUT2D eigenvalue weighted by molar-refractivity contribution is 0.471. The molecule has 2 rings (SSSR count).